The van der Waals surface area contributed by atoms with Crippen molar-refractivity contribution in [2.45, 2.75) is 19.7 Å². The number of halogens is 3. The Hall–Kier alpha value is -2.34. The third-order valence-corrected chi connectivity index (χ3v) is 3.45. The highest BCUT2D eigenvalue weighted by atomic mass is 35.5. The SMILES string of the molecule is CN=C(NCc1ccccc1)NCc1cc(Cl)ccc1OC(F)F. The summed E-state index contributed by atoms with van der Waals surface area (Å²) in [5.74, 6) is 0.627. The van der Waals surface area contributed by atoms with Crippen molar-refractivity contribution < 1.29 is 13.5 Å². The van der Waals surface area contributed by atoms with E-state index < -0.39 is 6.61 Å². The molecule has 2 N–H and O–H groups in total. The summed E-state index contributed by atoms with van der Waals surface area (Å²) < 4.78 is 29.4. The second kappa shape index (κ2) is 9.08. The topological polar surface area (TPSA) is 45.7 Å². The minimum atomic E-state index is -2.89. The minimum Gasteiger partial charge on any atom is -0.434 e. The third-order valence-electron chi connectivity index (χ3n) is 3.21. The summed E-state index contributed by atoms with van der Waals surface area (Å²) >= 11 is 5.93. The lowest BCUT2D eigenvalue weighted by Gasteiger charge is -2.15. The van der Waals surface area contributed by atoms with E-state index in [1.165, 1.54) is 12.1 Å². The molecule has 0 bridgehead atoms. The fourth-order valence-electron chi connectivity index (χ4n) is 2.08. The molecule has 2 rings (SSSR count). The van der Waals surface area contributed by atoms with Crippen molar-refractivity contribution in [3.8, 4) is 5.75 Å². The van der Waals surface area contributed by atoms with Gasteiger partial charge in [-0.05, 0) is 23.8 Å². The number of alkyl halides is 2. The summed E-state index contributed by atoms with van der Waals surface area (Å²) in [6, 6.07) is 14.3. The normalized spacial score (nSPS) is 11.5. The van der Waals surface area contributed by atoms with Crippen molar-refractivity contribution in [1.29, 1.82) is 0 Å². The van der Waals surface area contributed by atoms with Gasteiger partial charge in [0.25, 0.3) is 0 Å². The zero-order valence-electron chi connectivity index (χ0n) is 13.1. The van der Waals surface area contributed by atoms with Gasteiger partial charge in [0.1, 0.15) is 5.75 Å². The summed E-state index contributed by atoms with van der Waals surface area (Å²) in [6.07, 6.45) is 0. The third kappa shape index (κ3) is 5.70. The molecular weight excluding hydrogens is 336 g/mol. The van der Waals surface area contributed by atoms with Crippen LogP contribution in [0.25, 0.3) is 0 Å². The maximum absolute atomic E-state index is 12.5. The summed E-state index contributed by atoms with van der Waals surface area (Å²) in [6.45, 7) is -2.05. The lowest BCUT2D eigenvalue weighted by Crippen LogP contribution is -2.36. The first-order chi connectivity index (χ1) is 11.6. The van der Waals surface area contributed by atoms with E-state index in [1.54, 1.807) is 13.1 Å². The number of hydrogen-bond donors (Lipinski definition) is 2. The zero-order valence-corrected chi connectivity index (χ0v) is 13.9. The number of hydrogen-bond acceptors (Lipinski definition) is 2. The molecule has 0 aliphatic carbocycles. The summed E-state index contributed by atoms with van der Waals surface area (Å²) in [5.41, 5.74) is 1.62. The second-order valence-electron chi connectivity index (χ2n) is 4.90. The molecule has 0 atom stereocenters. The maximum atomic E-state index is 12.5. The van der Waals surface area contributed by atoms with Crippen molar-refractivity contribution in [2.24, 2.45) is 4.99 Å². The van der Waals surface area contributed by atoms with Crippen molar-refractivity contribution in [1.82, 2.24) is 10.6 Å². The first-order valence-corrected chi connectivity index (χ1v) is 7.68. The van der Waals surface area contributed by atoms with Crippen LogP contribution in [0.2, 0.25) is 5.02 Å². The molecule has 2 aromatic carbocycles. The minimum absolute atomic E-state index is 0.0837. The average molecular weight is 354 g/mol. The monoisotopic (exact) mass is 353 g/mol. The van der Waals surface area contributed by atoms with Crippen LogP contribution in [0.4, 0.5) is 8.78 Å². The van der Waals surface area contributed by atoms with Crippen molar-refractivity contribution >= 4 is 17.6 Å². The molecule has 2 aromatic rings. The lowest BCUT2D eigenvalue weighted by atomic mass is 10.2. The lowest BCUT2D eigenvalue weighted by molar-refractivity contribution is -0.0504. The van der Waals surface area contributed by atoms with Crippen molar-refractivity contribution in [3.05, 3.63) is 64.7 Å². The molecule has 0 heterocycles. The van der Waals surface area contributed by atoms with Crippen LogP contribution in [-0.4, -0.2) is 19.6 Å². The fraction of sp³-hybridized carbons (Fsp3) is 0.235. The molecule has 24 heavy (non-hydrogen) atoms. The number of nitrogens with zero attached hydrogens (tertiary/aromatic N) is 1. The Morgan fingerprint density at radius 1 is 1.12 bits per heavy atom. The molecule has 0 spiro atoms. The molecule has 0 saturated heterocycles. The predicted octanol–water partition coefficient (Wildman–Crippen LogP) is 3.81. The van der Waals surface area contributed by atoms with Crippen molar-refractivity contribution in [2.75, 3.05) is 7.05 Å². The van der Waals surface area contributed by atoms with Crippen LogP contribution in [0, 0.1) is 0 Å². The standard InChI is InChI=1S/C17H18ClF2N3O/c1-21-17(22-10-12-5-3-2-4-6-12)23-11-13-9-14(18)7-8-15(13)24-16(19)20/h2-9,16H,10-11H2,1H3,(H2,21,22,23). The first kappa shape index (κ1) is 18.0. The van der Waals surface area contributed by atoms with Gasteiger partial charge in [-0.15, -0.1) is 0 Å². The number of benzene rings is 2. The van der Waals surface area contributed by atoms with Crippen LogP contribution >= 0.6 is 11.6 Å². The van der Waals surface area contributed by atoms with Crippen LogP contribution in [-0.2, 0) is 13.1 Å². The molecular formula is C17H18ClF2N3O. The molecule has 0 aliphatic rings. The van der Waals surface area contributed by atoms with E-state index in [2.05, 4.69) is 20.4 Å². The predicted molar refractivity (Wildman–Crippen MR) is 91.6 cm³/mol. The Morgan fingerprint density at radius 3 is 2.50 bits per heavy atom. The van der Waals surface area contributed by atoms with Gasteiger partial charge >= 0.3 is 6.61 Å². The molecule has 0 aromatic heterocycles. The van der Waals surface area contributed by atoms with Gasteiger partial charge in [-0.3, -0.25) is 4.99 Å². The zero-order chi connectivity index (χ0) is 17.4. The van der Waals surface area contributed by atoms with Gasteiger partial charge in [-0.25, -0.2) is 0 Å². The highest BCUT2D eigenvalue weighted by molar-refractivity contribution is 6.30. The van der Waals surface area contributed by atoms with E-state index in [-0.39, 0.29) is 12.3 Å². The van der Waals surface area contributed by atoms with Crippen molar-refractivity contribution in [3.63, 3.8) is 0 Å². The van der Waals surface area contributed by atoms with Crippen LogP contribution in [0.15, 0.2) is 53.5 Å². The highest BCUT2D eigenvalue weighted by Gasteiger charge is 2.11. The van der Waals surface area contributed by atoms with Crippen LogP contribution in [0.5, 0.6) is 5.75 Å². The Kier molecular flexibility index (Phi) is 6.81. The van der Waals surface area contributed by atoms with E-state index in [9.17, 15) is 8.78 Å². The smallest absolute Gasteiger partial charge is 0.387 e. The number of ether oxygens (including phenoxy) is 1. The Morgan fingerprint density at radius 2 is 1.83 bits per heavy atom. The van der Waals surface area contributed by atoms with Crippen LogP contribution in [0.1, 0.15) is 11.1 Å². The van der Waals surface area contributed by atoms with Gasteiger partial charge in [0.05, 0.1) is 0 Å². The number of guanidine groups is 1. The maximum Gasteiger partial charge on any atom is 0.387 e. The highest BCUT2D eigenvalue weighted by Crippen LogP contribution is 2.24. The van der Waals surface area contributed by atoms with E-state index >= 15 is 0 Å². The Labute approximate surface area is 144 Å². The van der Waals surface area contributed by atoms with Gasteiger partial charge in [-0.1, -0.05) is 41.9 Å². The van der Waals surface area contributed by atoms with Crippen LogP contribution in [0.3, 0.4) is 0 Å². The van der Waals surface area contributed by atoms with Gasteiger partial charge in [0.2, 0.25) is 0 Å². The van der Waals surface area contributed by atoms with Gasteiger partial charge in [0, 0.05) is 30.7 Å². The van der Waals surface area contributed by atoms with Crippen LogP contribution < -0.4 is 15.4 Å². The molecule has 4 nitrogen and oxygen atoms in total. The van der Waals surface area contributed by atoms with E-state index in [1.807, 2.05) is 30.3 Å². The first-order valence-electron chi connectivity index (χ1n) is 7.30. The molecule has 0 radical (unpaired) electrons. The quantitative estimate of drug-likeness (QED) is 0.613. The number of nitrogens with one attached hydrogen (secondary N) is 2. The molecule has 0 saturated carbocycles. The molecule has 128 valence electrons. The summed E-state index contributed by atoms with van der Waals surface area (Å²) in [5, 5.41) is 6.64. The number of aliphatic imine (C=N–C) groups is 1. The van der Waals surface area contributed by atoms with E-state index in [4.69, 9.17) is 11.6 Å². The molecule has 7 heteroatoms. The van der Waals surface area contributed by atoms with Gasteiger partial charge < -0.3 is 15.4 Å². The molecule has 0 amide bonds. The number of rotatable bonds is 6. The fourth-order valence-corrected chi connectivity index (χ4v) is 2.27. The summed E-state index contributed by atoms with van der Waals surface area (Å²) in [7, 11) is 1.63. The van der Waals surface area contributed by atoms with Gasteiger partial charge in [0.15, 0.2) is 5.96 Å². The van der Waals surface area contributed by atoms with E-state index in [0.29, 0.717) is 23.1 Å². The van der Waals surface area contributed by atoms with E-state index in [0.717, 1.165) is 5.56 Å². The molecule has 0 unspecified atom stereocenters. The Balaban J connectivity index is 1.96. The summed E-state index contributed by atoms with van der Waals surface area (Å²) in [4.78, 5) is 4.10. The van der Waals surface area contributed by atoms with Gasteiger partial charge in [-0.2, -0.15) is 8.78 Å². The largest absolute Gasteiger partial charge is 0.434 e. The molecule has 0 fully saturated rings. The second-order valence-corrected chi connectivity index (χ2v) is 5.33. The Bertz CT molecular complexity index is 681. The average Bonchev–Trinajstić information content (AvgIpc) is 2.58. The molecule has 0 aliphatic heterocycles.